The van der Waals surface area contributed by atoms with Crippen LogP contribution in [0.25, 0.3) is 11.0 Å². The molecule has 6 heteroatoms. The third-order valence-electron chi connectivity index (χ3n) is 2.85. The highest BCUT2D eigenvalue weighted by atomic mass is 79.9. The molecule has 0 fully saturated rings. The third kappa shape index (κ3) is 2.23. The summed E-state index contributed by atoms with van der Waals surface area (Å²) in [4.78, 5) is 5.50. The molecule has 3 aromatic rings. The van der Waals surface area contributed by atoms with E-state index >= 15 is 0 Å². The van der Waals surface area contributed by atoms with E-state index < -0.39 is 0 Å². The van der Waals surface area contributed by atoms with Gasteiger partial charge in [0.2, 0.25) is 5.95 Å². The van der Waals surface area contributed by atoms with Crippen LogP contribution in [0.2, 0.25) is 0 Å². The van der Waals surface area contributed by atoms with E-state index in [1.165, 1.54) is 4.88 Å². The monoisotopic (exact) mass is 332 g/mol. The Morgan fingerprint density at radius 1 is 1.37 bits per heavy atom. The Balaban J connectivity index is 2.11. The molecule has 0 aliphatic heterocycles. The lowest BCUT2D eigenvalue weighted by molar-refractivity contribution is 0.853. The quantitative estimate of drug-likeness (QED) is 0.782. The van der Waals surface area contributed by atoms with Crippen LogP contribution < -0.4 is 5.73 Å². The van der Waals surface area contributed by atoms with E-state index in [0.717, 1.165) is 14.8 Å². The number of nitrogen functional groups attached to an aromatic ring is 1. The van der Waals surface area contributed by atoms with Gasteiger partial charge in [-0.15, -0.1) is 11.3 Å². The van der Waals surface area contributed by atoms with Gasteiger partial charge in [0.25, 0.3) is 0 Å². The van der Waals surface area contributed by atoms with Gasteiger partial charge in [0.1, 0.15) is 0 Å². The first kappa shape index (κ1) is 12.2. The molecule has 0 aliphatic carbocycles. The molecule has 0 amide bonds. The van der Waals surface area contributed by atoms with E-state index in [1.54, 1.807) is 17.4 Å². The molecule has 0 unspecified atom stereocenters. The SMILES string of the molecule is N#Cc1ccc2nc(N)n(Cc3ccc(Br)s3)c2c1. The number of rotatable bonds is 2. The van der Waals surface area contributed by atoms with Crippen molar-refractivity contribution < 1.29 is 0 Å². The van der Waals surface area contributed by atoms with Crippen molar-refractivity contribution in [1.82, 2.24) is 9.55 Å². The zero-order chi connectivity index (χ0) is 13.4. The molecule has 0 bridgehead atoms. The molecule has 2 N–H and O–H groups in total. The van der Waals surface area contributed by atoms with Crippen LogP contribution in [0.15, 0.2) is 34.1 Å². The van der Waals surface area contributed by atoms with Crippen molar-refractivity contribution in [3.63, 3.8) is 0 Å². The molecule has 0 atom stereocenters. The predicted molar refractivity (Wildman–Crippen MR) is 80.0 cm³/mol. The Kier molecular flexibility index (Phi) is 3.01. The largest absolute Gasteiger partial charge is 0.369 e. The molecule has 1 aromatic carbocycles. The Morgan fingerprint density at radius 2 is 2.21 bits per heavy atom. The number of hydrogen-bond donors (Lipinski definition) is 1. The Hall–Kier alpha value is -1.84. The summed E-state index contributed by atoms with van der Waals surface area (Å²) in [6.07, 6.45) is 0. The van der Waals surface area contributed by atoms with Gasteiger partial charge in [0.15, 0.2) is 0 Å². The number of thiophene rings is 1. The molecule has 3 rings (SSSR count). The van der Waals surface area contributed by atoms with Crippen LogP contribution in [0.4, 0.5) is 5.95 Å². The highest BCUT2D eigenvalue weighted by Gasteiger charge is 2.10. The molecule has 2 aromatic heterocycles. The summed E-state index contributed by atoms with van der Waals surface area (Å²) >= 11 is 5.11. The lowest BCUT2D eigenvalue weighted by Crippen LogP contribution is -2.03. The van der Waals surface area contributed by atoms with Crippen molar-refractivity contribution in [2.24, 2.45) is 0 Å². The molecular weight excluding hydrogens is 324 g/mol. The molecule has 4 nitrogen and oxygen atoms in total. The smallest absolute Gasteiger partial charge is 0.201 e. The van der Waals surface area contributed by atoms with Crippen LogP contribution in [0.1, 0.15) is 10.4 Å². The lowest BCUT2D eigenvalue weighted by atomic mass is 10.2. The number of hydrogen-bond acceptors (Lipinski definition) is 4. The first-order chi connectivity index (χ1) is 9.17. The fourth-order valence-corrected chi connectivity index (χ4v) is 3.44. The van der Waals surface area contributed by atoms with Crippen LogP contribution in [0.5, 0.6) is 0 Å². The zero-order valence-electron chi connectivity index (χ0n) is 9.80. The molecule has 0 spiro atoms. The number of aromatic nitrogens is 2. The second-order valence-electron chi connectivity index (χ2n) is 4.08. The average Bonchev–Trinajstić information content (AvgIpc) is 2.94. The van der Waals surface area contributed by atoms with Crippen molar-refractivity contribution >= 4 is 44.2 Å². The van der Waals surface area contributed by atoms with E-state index in [0.29, 0.717) is 18.1 Å². The fraction of sp³-hybridized carbons (Fsp3) is 0.0769. The Labute approximate surface area is 122 Å². The summed E-state index contributed by atoms with van der Waals surface area (Å²) in [7, 11) is 0. The molecule has 19 heavy (non-hydrogen) atoms. The number of benzene rings is 1. The molecule has 2 heterocycles. The van der Waals surface area contributed by atoms with Gasteiger partial charge in [-0.3, -0.25) is 0 Å². The lowest BCUT2D eigenvalue weighted by Gasteiger charge is -2.04. The summed E-state index contributed by atoms with van der Waals surface area (Å²) in [5.41, 5.74) is 8.28. The van der Waals surface area contributed by atoms with Crippen LogP contribution >= 0.6 is 27.3 Å². The second kappa shape index (κ2) is 4.68. The normalized spacial score (nSPS) is 10.7. The summed E-state index contributed by atoms with van der Waals surface area (Å²) in [5.74, 6) is 0.467. The highest BCUT2D eigenvalue weighted by molar-refractivity contribution is 9.11. The van der Waals surface area contributed by atoms with Gasteiger partial charge in [-0.05, 0) is 46.3 Å². The average molecular weight is 333 g/mol. The van der Waals surface area contributed by atoms with E-state index in [4.69, 9.17) is 11.0 Å². The minimum atomic E-state index is 0.467. The van der Waals surface area contributed by atoms with E-state index in [1.807, 2.05) is 28.8 Å². The van der Waals surface area contributed by atoms with Crippen molar-refractivity contribution in [3.8, 4) is 6.07 Å². The van der Waals surface area contributed by atoms with Crippen molar-refractivity contribution in [2.45, 2.75) is 6.54 Å². The van der Waals surface area contributed by atoms with Gasteiger partial charge < -0.3 is 10.3 Å². The van der Waals surface area contributed by atoms with Gasteiger partial charge in [-0.1, -0.05) is 0 Å². The molecule has 0 saturated carbocycles. The van der Waals surface area contributed by atoms with E-state index in [-0.39, 0.29) is 0 Å². The third-order valence-corrected chi connectivity index (χ3v) is 4.46. The Bertz CT molecular complexity index is 797. The zero-order valence-corrected chi connectivity index (χ0v) is 12.2. The minimum absolute atomic E-state index is 0.467. The summed E-state index contributed by atoms with van der Waals surface area (Å²) in [6, 6.07) is 11.6. The van der Waals surface area contributed by atoms with Gasteiger partial charge >= 0.3 is 0 Å². The van der Waals surface area contributed by atoms with Gasteiger partial charge in [0, 0.05) is 4.88 Å². The maximum atomic E-state index is 8.97. The number of nitrogens with two attached hydrogens (primary N) is 1. The van der Waals surface area contributed by atoms with Gasteiger partial charge in [0.05, 0.1) is 33.0 Å². The summed E-state index contributed by atoms with van der Waals surface area (Å²) < 4.78 is 3.01. The molecular formula is C13H9BrN4S. The number of anilines is 1. The topological polar surface area (TPSA) is 67.6 Å². The Morgan fingerprint density at radius 3 is 2.89 bits per heavy atom. The molecule has 94 valence electrons. The number of imidazole rings is 1. The fourth-order valence-electron chi connectivity index (χ4n) is 1.97. The van der Waals surface area contributed by atoms with Crippen LogP contribution in [-0.2, 0) is 6.54 Å². The number of fused-ring (bicyclic) bond motifs is 1. The number of nitriles is 1. The maximum absolute atomic E-state index is 8.97. The highest BCUT2D eigenvalue weighted by Crippen LogP contribution is 2.26. The summed E-state index contributed by atoms with van der Waals surface area (Å²) in [5, 5.41) is 8.97. The van der Waals surface area contributed by atoms with Gasteiger partial charge in [-0.2, -0.15) is 5.26 Å². The van der Waals surface area contributed by atoms with E-state index in [2.05, 4.69) is 27.0 Å². The van der Waals surface area contributed by atoms with Crippen LogP contribution in [-0.4, -0.2) is 9.55 Å². The van der Waals surface area contributed by atoms with Crippen molar-refractivity contribution in [2.75, 3.05) is 5.73 Å². The van der Waals surface area contributed by atoms with Crippen molar-refractivity contribution in [1.29, 1.82) is 5.26 Å². The van der Waals surface area contributed by atoms with E-state index in [9.17, 15) is 0 Å². The molecule has 0 radical (unpaired) electrons. The molecule has 0 saturated heterocycles. The molecule has 0 aliphatic rings. The number of nitrogens with zero attached hydrogens (tertiary/aromatic N) is 3. The first-order valence-corrected chi connectivity index (χ1v) is 7.18. The maximum Gasteiger partial charge on any atom is 0.201 e. The second-order valence-corrected chi connectivity index (χ2v) is 6.62. The van der Waals surface area contributed by atoms with Crippen molar-refractivity contribution in [3.05, 3.63) is 44.6 Å². The first-order valence-electron chi connectivity index (χ1n) is 5.57. The standard InChI is InChI=1S/C13H9BrN4S/c14-12-4-2-9(19-12)7-18-11-5-8(6-15)1-3-10(11)17-13(18)16/h1-5H,7H2,(H2,16,17). The minimum Gasteiger partial charge on any atom is -0.369 e. The predicted octanol–water partition coefficient (Wildman–Crippen LogP) is 3.36. The van der Waals surface area contributed by atoms with Crippen LogP contribution in [0, 0.1) is 11.3 Å². The van der Waals surface area contributed by atoms with Gasteiger partial charge in [-0.25, -0.2) is 4.98 Å². The number of halogens is 1. The van der Waals surface area contributed by atoms with Crippen LogP contribution in [0.3, 0.4) is 0 Å². The summed E-state index contributed by atoms with van der Waals surface area (Å²) in [6.45, 7) is 0.660.